The third-order valence-electron chi connectivity index (χ3n) is 1.97. The van der Waals surface area contributed by atoms with Crippen LogP contribution in [0.2, 0.25) is 0 Å². The lowest BCUT2D eigenvalue weighted by atomic mass is 10.1. The molecule has 0 aromatic heterocycles. The molecule has 0 fully saturated rings. The van der Waals surface area contributed by atoms with Gasteiger partial charge in [0.1, 0.15) is 5.60 Å². The van der Waals surface area contributed by atoms with Gasteiger partial charge in [0, 0.05) is 0 Å². The molecule has 2 nitrogen and oxygen atoms in total. The summed E-state index contributed by atoms with van der Waals surface area (Å²) < 4.78 is 18.7. The summed E-state index contributed by atoms with van der Waals surface area (Å²) in [6.45, 7) is 4.32. The molecule has 0 saturated carbocycles. The quantitative estimate of drug-likeness (QED) is 0.804. The first kappa shape index (κ1) is 11.0. The van der Waals surface area contributed by atoms with E-state index in [4.69, 9.17) is 10.5 Å². The van der Waals surface area contributed by atoms with E-state index in [0.717, 1.165) is 0 Å². The highest BCUT2D eigenvalue weighted by Gasteiger charge is 2.19. The zero-order valence-corrected chi connectivity index (χ0v) is 8.59. The molecule has 14 heavy (non-hydrogen) atoms. The minimum absolute atomic E-state index is 0.283. The van der Waals surface area contributed by atoms with Crippen LogP contribution in [0.15, 0.2) is 24.3 Å². The number of nitrogens with two attached hydrogens (primary N) is 1. The number of hydrogen-bond donors (Lipinski definition) is 1. The average molecular weight is 197 g/mol. The average Bonchev–Trinajstić information content (AvgIpc) is 2.08. The van der Waals surface area contributed by atoms with Crippen molar-refractivity contribution in [1.82, 2.24) is 0 Å². The van der Waals surface area contributed by atoms with Crippen molar-refractivity contribution in [2.45, 2.75) is 25.9 Å². The Morgan fingerprint density at radius 2 is 2.00 bits per heavy atom. The van der Waals surface area contributed by atoms with Crippen molar-refractivity contribution in [1.29, 1.82) is 0 Å². The predicted molar refractivity (Wildman–Crippen MR) is 54.8 cm³/mol. The molecular weight excluding hydrogens is 181 g/mol. The molecule has 0 atom stereocenters. The summed E-state index contributed by atoms with van der Waals surface area (Å²) in [5.74, 6) is -0.0523. The van der Waals surface area contributed by atoms with E-state index < -0.39 is 5.60 Å². The summed E-state index contributed by atoms with van der Waals surface area (Å²) in [6, 6.07) is 6.39. The normalized spacial score (nSPS) is 11.4. The molecule has 0 spiro atoms. The van der Waals surface area contributed by atoms with Gasteiger partial charge in [0.05, 0.1) is 0 Å². The van der Waals surface area contributed by atoms with E-state index in [1.807, 2.05) is 13.8 Å². The molecule has 3 heteroatoms. The molecule has 1 aromatic rings. The van der Waals surface area contributed by atoms with E-state index in [-0.39, 0.29) is 11.6 Å². The van der Waals surface area contributed by atoms with Crippen molar-refractivity contribution < 1.29 is 9.13 Å². The van der Waals surface area contributed by atoms with Gasteiger partial charge in [-0.25, -0.2) is 4.39 Å². The summed E-state index contributed by atoms with van der Waals surface area (Å²) in [6.07, 6.45) is 0.696. The van der Waals surface area contributed by atoms with E-state index in [0.29, 0.717) is 13.0 Å². The van der Waals surface area contributed by atoms with Gasteiger partial charge in [0.25, 0.3) is 0 Å². The Kier molecular flexibility index (Phi) is 3.47. The highest BCUT2D eigenvalue weighted by Crippen LogP contribution is 2.23. The molecule has 0 bridgehead atoms. The Morgan fingerprint density at radius 1 is 1.36 bits per heavy atom. The first-order valence-electron chi connectivity index (χ1n) is 4.69. The zero-order valence-electron chi connectivity index (χ0n) is 8.59. The maximum Gasteiger partial charge on any atom is 0.165 e. The van der Waals surface area contributed by atoms with Crippen molar-refractivity contribution in [3.8, 4) is 5.75 Å². The Balaban J connectivity index is 2.73. The predicted octanol–water partition coefficient (Wildman–Crippen LogP) is 2.33. The van der Waals surface area contributed by atoms with Crippen LogP contribution >= 0.6 is 0 Å². The van der Waals surface area contributed by atoms with Crippen LogP contribution in [0.4, 0.5) is 4.39 Å². The van der Waals surface area contributed by atoms with Crippen LogP contribution in [-0.4, -0.2) is 12.1 Å². The van der Waals surface area contributed by atoms with Gasteiger partial charge in [-0.15, -0.1) is 0 Å². The monoisotopic (exact) mass is 197 g/mol. The van der Waals surface area contributed by atoms with Gasteiger partial charge >= 0.3 is 0 Å². The first-order chi connectivity index (χ1) is 6.55. The largest absolute Gasteiger partial charge is 0.485 e. The van der Waals surface area contributed by atoms with Crippen LogP contribution in [0.1, 0.15) is 20.3 Å². The molecule has 0 aliphatic carbocycles. The van der Waals surface area contributed by atoms with E-state index in [1.165, 1.54) is 6.07 Å². The highest BCUT2D eigenvalue weighted by atomic mass is 19.1. The number of para-hydroxylation sites is 1. The summed E-state index contributed by atoms with van der Waals surface area (Å²) in [5, 5.41) is 0. The molecule has 78 valence electrons. The molecule has 0 unspecified atom stereocenters. The fraction of sp³-hybridized carbons (Fsp3) is 0.455. The highest BCUT2D eigenvalue weighted by molar-refractivity contribution is 5.24. The summed E-state index contributed by atoms with van der Waals surface area (Å²) in [4.78, 5) is 0. The molecule has 0 amide bonds. The van der Waals surface area contributed by atoms with Crippen LogP contribution in [0, 0.1) is 5.82 Å². The van der Waals surface area contributed by atoms with Gasteiger partial charge in [-0.1, -0.05) is 12.1 Å². The van der Waals surface area contributed by atoms with Crippen LogP contribution in [-0.2, 0) is 0 Å². The lowest BCUT2D eigenvalue weighted by Crippen LogP contribution is -2.31. The number of ether oxygens (including phenoxy) is 1. The van der Waals surface area contributed by atoms with Crippen molar-refractivity contribution >= 4 is 0 Å². The topological polar surface area (TPSA) is 35.2 Å². The standard InChI is InChI=1S/C11H16FNO/c1-11(2,7-8-13)14-10-6-4-3-5-9(10)12/h3-6H,7-8,13H2,1-2H3. The fourth-order valence-corrected chi connectivity index (χ4v) is 1.22. The molecular formula is C11H16FNO. The molecule has 0 saturated heterocycles. The molecule has 1 aromatic carbocycles. The number of benzene rings is 1. The second-order valence-corrected chi connectivity index (χ2v) is 3.83. The fourth-order valence-electron chi connectivity index (χ4n) is 1.22. The Morgan fingerprint density at radius 3 is 2.57 bits per heavy atom. The van der Waals surface area contributed by atoms with Crippen molar-refractivity contribution in [3.63, 3.8) is 0 Å². The smallest absolute Gasteiger partial charge is 0.165 e. The zero-order chi connectivity index (χ0) is 10.6. The van der Waals surface area contributed by atoms with Gasteiger partial charge in [-0.05, 0) is 38.9 Å². The Labute approximate surface area is 83.9 Å². The Hall–Kier alpha value is -1.09. The lowest BCUT2D eigenvalue weighted by Gasteiger charge is -2.26. The van der Waals surface area contributed by atoms with Crippen LogP contribution in [0.3, 0.4) is 0 Å². The molecule has 0 heterocycles. The van der Waals surface area contributed by atoms with Crippen LogP contribution in [0.5, 0.6) is 5.75 Å². The minimum Gasteiger partial charge on any atom is -0.485 e. The molecule has 1 rings (SSSR count). The SMILES string of the molecule is CC(C)(CCN)Oc1ccccc1F. The van der Waals surface area contributed by atoms with E-state index in [1.54, 1.807) is 18.2 Å². The summed E-state index contributed by atoms with van der Waals surface area (Å²) >= 11 is 0. The molecule has 0 aliphatic heterocycles. The molecule has 0 radical (unpaired) electrons. The third kappa shape index (κ3) is 3.00. The summed E-state index contributed by atoms with van der Waals surface area (Å²) in [7, 11) is 0. The molecule has 2 N–H and O–H groups in total. The molecule has 0 aliphatic rings. The maximum atomic E-state index is 13.2. The minimum atomic E-state index is -0.420. The van der Waals surface area contributed by atoms with Crippen molar-refractivity contribution in [2.24, 2.45) is 5.73 Å². The summed E-state index contributed by atoms with van der Waals surface area (Å²) in [5.41, 5.74) is 5.01. The lowest BCUT2D eigenvalue weighted by molar-refractivity contribution is 0.0966. The van der Waals surface area contributed by atoms with E-state index in [9.17, 15) is 4.39 Å². The Bertz CT molecular complexity index is 299. The van der Waals surface area contributed by atoms with E-state index in [2.05, 4.69) is 0 Å². The maximum absolute atomic E-state index is 13.2. The number of rotatable bonds is 4. The van der Waals surface area contributed by atoms with Crippen LogP contribution in [0.25, 0.3) is 0 Å². The van der Waals surface area contributed by atoms with Crippen LogP contribution < -0.4 is 10.5 Å². The van der Waals surface area contributed by atoms with Crippen molar-refractivity contribution in [3.05, 3.63) is 30.1 Å². The number of hydrogen-bond acceptors (Lipinski definition) is 2. The van der Waals surface area contributed by atoms with Gasteiger partial charge in [0.15, 0.2) is 11.6 Å². The second-order valence-electron chi connectivity index (χ2n) is 3.83. The van der Waals surface area contributed by atoms with Gasteiger partial charge in [0.2, 0.25) is 0 Å². The first-order valence-corrected chi connectivity index (χ1v) is 4.69. The third-order valence-corrected chi connectivity index (χ3v) is 1.97. The van der Waals surface area contributed by atoms with Crippen molar-refractivity contribution in [2.75, 3.05) is 6.54 Å². The van der Waals surface area contributed by atoms with Gasteiger partial charge in [-0.3, -0.25) is 0 Å². The van der Waals surface area contributed by atoms with E-state index >= 15 is 0 Å². The van der Waals surface area contributed by atoms with Gasteiger partial charge < -0.3 is 10.5 Å². The second kappa shape index (κ2) is 4.42. The number of halogens is 1. The van der Waals surface area contributed by atoms with Gasteiger partial charge in [-0.2, -0.15) is 0 Å².